The fourth-order valence-corrected chi connectivity index (χ4v) is 3.45. The zero-order valence-corrected chi connectivity index (χ0v) is 15.6. The van der Waals surface area contributed by atoms with Crippen LogP contribution in [0, 0.1) is 5.82 Å². The second kappa shape index (κ2) is 7.52. The maximum atomic E-state index is 13.4. The minimum atomic E-state index is -0.266. The number of hydrogen-bond donors (Lipinski definition) is 1. The van der Waals surface area contributed by atoms with E-state index >= 15 is 0 Å². The van der Waals surface area contributed by atoms with Gasteiger partial charge in [-0.15, -0.1) is 0 Å². The molecule has 0 atom stereocenters. The van der Waals surface area contributed by atoms with E-state index in [1.54, 1.807) is 24.7 Å². The highest BCUT2D eigenvalue weighted by Crippen LogP contribution is 2.37. The number of hydrogen-bond acceptors (Lipinski definition) is 5. The van der Waals surface area contributed by atoms with E-state index in [-0.39, 0.29) is 12.6 Å². The molecule has 1 aliphatic heterocycles. The second-order valence-corrected chi connectivity index (χ2v) is 6.88. The number of nitrogens with zero attached hydrogens (tertiary/aromatic N) is 3. The summed E-state index contributed by atoms with van der Waals surface area (Å²) in [5.41, 5.74) is 3.55. The lowest BCUT2D eigenvalue weighted by molar-refractivity contribution is 0.174. The Morgan fingerprint density at radius 3 is 2.69 bits per heavy atom. The van der Waals surface area contributed by atoms with Crippen molar-refractivity contribution >= 4 is 10.9 Å². The Labute approximate surface area is 166 Å². The highest BCUT2D eigenvalue weighted by molar-refractivity contribution is 5.86. The molecular weight excluding hydrogens is 371 g/mol. The molecule has 0 unspecified atom stereocenters. The van der Waals surface area contributed by atoms with Crippen LogP contribution in [0.25, 0.3) is 22.2 Å². The molecule has 1 aliphatic rings. The molecule has 0 fully saturated rings. The lowest BCUT2D eigenvalue weighted by Crippen LogP contribution is -2.19. The van der Waals surface area contributed by atoms with Crippen molar-refractivity contribution in [3.8, 4) is 22.8 Å². The van der Waals surface area contributed by atoms with Gasteiger partial charge in [0.15, 0.2) is 11.5 Å². The number of imidazole rings is 1. The van der Waals surface area contributed by atoms with Crippen molar-refractivity contribution in [3.05, 3.63) is 72.6 Å². The molecule has 6 nitrogen and oxygen atoms in total. The second-order valence-electron chi connectivity index (χ2n) is 6.88. The molecule has 2 aromatic heterocycles. The summed E-state index contributed by atoms with van der Waals surface area (Å²) in [6.07, 6.45) is 5.50. The van der Waals surface area contributed by atoms with Crippen molar-refractivity contribution in [2.45, 2.75) is 13.1 Å². The first kappa shape index (κ1) is 17.6. The molecule has 29 heavy (non-hydrogen) atoms. The fourth-order valence-electron chi connectivity index (χ4n) is 3.45. The standard InChI is InChI=1S/C22H19FN4O2/c23-18-3-1-15(2-4-18)22-17(12-24-5-7-27-8-6-25-13-27)9-16-10-20-21(29-14-28-20)11-19(16)26-22/h1-4,6,8-11,13,24H,5,7,12,14H2. The SMILES string of the molecule is Fc1ccc(-c2nc3cc4c(cc3cc2CNCCn2ccnc2)OCO4)cc1. The van der Waals surface area contributed by atoms with Gasteiger partial charge in [-0.3, -0.25) is 0 Å². The maximum absolute atomic E-state index is 13.4. The number of aromatic nitrogens is 3. The Bertz CT molecular complexity index is 1140. The number of rotatable bonds is 6. The van der Waals surface area contributed by atoms with Crippen LogP contribution in [0.15, 0.2) is 61.2 Å². The van der Waals surface area contributed by atoms with E-state index in [1.165, 1.54) is 12.1 Å². The van der Waals surface area contributed by atoms with Crippen molar-refractivity contribution in [2.75, 3.05) is 13.3 Å². The smallest absolute Gasteiger partial charge is 0.231 e. The van der Waals surface area contributed by atoms with Gasteiger partial charge < -0.3 is 19.4 Å². The molecule has 146 valence electrons. The van der Waals surface area contributed by atoms with Gasteiger partial charge in [-0.2, -0.15) is 0 Å². The quantitative estimate of drug-likeness (QED) is 0.508. The van der Waals surface area contributed by atoms with Crippen LogP contribution in [-0.4, -0.2) is 27.9 Å². The Morgan fingerprint density at radius 2 is 1.90 bits per heavy atom. The minimum Gasteiger partial charge on any atom is -0.454 e. The maximum Gasteiger partial charge on any atom is 0.231 e. The van der Waals surface area contributed by atoms with Gasteiger partial charge in [0.2, 0.25) is 6.79 Å². The summed E-state index contributed by atoms with van der Waals surface area (Å²) in [6.45, 7) is 2.47. The lowest BCUT2D eigenvalue weighted by Gasteiger charge is -2.13. The normalized spacial score (nSPS) is 12.6. The first-order chi connectivity index (χ1) is 14.3. The zero-order chi connectivity index (χ0) is 19.6. The van der Waals surface area contributed by atoms with Crippen LogP contribution in [0.1, 0.15) is 5.56 Å². The molecule has 0 saturated heterocycles. The van der Waals surface area contributed by atoms with Crippen molar-refractivity contribution in [3.63, 3.8) is 0 Å². The summed E-state index contributed by atoms with van der Waals surface area (Å²) in [5, 5.41) is 4.44. The third-order valence-electron chi connectivity index (χ3n) is 4.93. The van der Waals surface area contributed by atoms with Gasteiger partial charge in [0.1, 0.15) is 5.82 Å². The Hall–Kier alpha value is -3.45. The molecule has 1 N–H and O–H groups in total. The topological polar surface area (TPSA) is 61.2 Å². The van der Waals surface area contributed by atoms with Gasteiger partial charge in [-0.1, -0.05) is 0 Å². The first-order valence-electron chi connectivity index (χ1n) is 9.42. The monoisotopic (exact) mass is 390 g/mol. The lowest BCUT2D eigenvalue weighted by atomic mass is 10.0. The zero-order valence-electron chi connectivity index (χ0n) is 15.6. The average Bonchev–Trinajstić information content (AvgIpc) is 3.41. The minimum absolute atomic E-state index is 0.221. The number of fused-ring (bicyclic) bond motifs is 2. The highest BCUT2D eigenvalue weighted by atomic mass is 19.1. The summed E-state index contributed by atoms with van der Waals surface area (Å²) < 4.78 is 26.4. The van der Waals surface area contributed by atoms with Crippen LogP contribution in [0.2, 0.25) is 0 Å². The van der Waals surface area contributed by atoms with E-state index in [0.29, 0.717) is 12.3 Å². The predicted molar refractivity (Wildman–Crippen MR) is 107 cm³/mol. The summed E-state index contributed by atoms with van der Waals surface area (Å²) in [7, 11) is 0. The molecule has 4 aromatic rings. The third-order valence-corrected chi connectivity index (χ3v) is 4.93. The van der Waals surface area contributed by atoms with Crippen molar-refractivity contribution in [2.24, 2.45) is 0 Å². The molecule has 2 aromatic carbocycles. The van der Waals surface area contributed by atoms with E-state index in [2.05, 4.69) is 16.4 Å². The summed E-state index contributed by atoms with van der Waals surface area (Å²) >= 11 is 0. The van der Waals surface area contributed by atoms with Gasteiger partial charge >= 0.3 is 0 Å². The molecular formula is C22H19FN4O2. The van der Waals surface area contributed by atoms with Gasteiger partial charge in [0.05, 0.1) is 17.5 Å². The molecule has 3 heterocycles. The van der Waals surface area contributed by atoms with Crippen molar-refractivity contribution in [1.82, 2.24) is 19.9 Å². The molecule has 7 heteroatoms. The summed E-state index contributed by atoms with van der Waals surface area (Å²) in [5.74, 6) is 1.16. The van der Waals surface area contributed by atoms with Crippen LogP contribution in [0.4, 0.5) is 4.39 Å². The molecule has 0 spiro atoms. The Kier molecular flexibility index (Phi) is 4.57. The van der Waals surface area contributed by atoms with Crippen LogP contribution in [-0.2, 0) is 13.1 Å². The van der Waals surface area contributed by atoms with Gasteiger partial charge in [-0.25, -0.2) is 14.4 Å². The number of ether oxygens (including phenoxy) is 2. The van der Waals surface area contributed by atoms with Gasteiger partial charge in [0.25, 0.3) is 0 Å². The molecule has 0 radical (unpaired) electrons. The number of nitrogens with one attached hydrogen (secondary N) is 1. The van der Waals surface area contributed by atoms with Crippen LogP contribution >= 0.6 is 0 Å². The van der Waals surface area contributed by atoms with Crippen molar-refractivity contribution in [1.29, 1.82) is 0 Å². The van der Waals surface area contributed by atoms with E-state index in [1.807, 2.05) is 22.9 Å². The average molecular weight is 390 g/mol. The highest BCUT2D eigenvalue weighted by Gasteiger charge is 2.17. The predicted octanol–water partition coefficient (Wildman–Crippen LogP) is 3.76. The number of halogens is 1. The van der Waals surface area contributed by atoms with E-state index in [9.17, 15) is 4.39 Å². The van der Waals surface area contributed by atoms with Crippen LogP contribution in [0.3, 0.4) is 0 Å². The molecule has 0 amide bonds. The van der Waals surface area contributed by atoms with Crippen LogP contribution in [0.5, 0.6) is 11.5 Å². The van der Waals surface area contributed by atoms with Gasteiger partial charge in [-0.05, 0) is 42.0 Å². The summed E-state index contributed by atoms with van der Waals surface area (Å²) in [4.78, 5) is 8.92. The molecule has 5 rings (SSSR count). The first-order valence-corrected chi connectivity index (χ1v) is 9.42. The van der Waals surface area contributed by atoms with E-state index < -0.39 is 0 Å². The Balaban J connectivity index is 1.47. The largest absolute Gasteiger partial charge is 0.454 e. The molecule has 0 aliphatic carbocycles. The molecule has 0 saturated carbocycles. The van der Waals surface area contributed by atoms with Crippen LogP contribution < -0.4 is 14.8 Å². The van der Waals surface area contributed by atoms with E-state index in [0.717, 1.165) is 46.6 Å². The number of benzene rings is 2. The van der Waals surface area contributed by atoms with Gasteiger partial charge in [0, 0.05) is 49.0 Å². The van der Waals surface area contributed by atoms with Crippen molar-refractivity contribution < 1.29 is 13.9 Å². The van der Waals surface area contributed by atoms with E-state index in [4.69, 9.17) is 14.5 Å². The fraction of sp³-hybridized carbons (Fsp3) is 0.182. The Morgan fingerprint density at radius 1 is 1.07 bits per heavy atom. The number of pyridine rings is 1. The molecule has 0 bridgehead atoms. The third kappa shape index (κ3) is 3.64. The summed E-state index contributed by atoms with van der Waals surface area (Å²) in [6, 6.07) is 12.4.